The van der Waals surface area contributed by atoms with Gasteiger partial charge in [0.2, 0.25) is 23.1 Å². The first-order valence-electron chi connectivity index (χ1n) is 48.5. The van der Waals surface area contributed by atoms with E-state index in [1.807, 2.05) is 118 Å². The quantitative estimate of drug-likeness (QED) is 0.0134. The zero-order chi connectivity index (χ0) is 105. The molecule has 11 aromatic heterocycles. The molecule has 2 fully saturated rings. The second-order valence-corrected chi connectivity index (χ2v) is 41.4. The van der Waals surface area contributed by atoms with Crippen molar-refractivity contribution in [2.45, 2.75) is 129 Å². The first-order chi connectivity index (χ1) is 72.0. The van der Waals surface area contributed by atoms with Gasteiger partial charge in [0.15, 0.2) is 0 Å². The van der Waals surface area contributed by atoms with E-state index in [9.17, 15) is 114 Å². The van der Waals surface area contributed by atoms with Crippen LogP contribution in [0, 0.1) is 11.7 Å². The molecule has 8 aromatic carbocycles. The number of fused-ring (bicyclic) bond motifs is 7. The number of benzene rings is 8. The van der Waals surface area contributed by atoms with Gasteiger partial charge in [0.05, 0.1) is 43.1 Å². The van der Waals surface area contributed by atoms with Crippen LogP contribution in [0.3, 0.4) is 0 Å². The maximum Gasteiger partial charge on any atom is 0.346 e. The number of aromatic nitrogens is 7. The molecule has 149 heavy (non-hydrogen) atoms. The van der Waals surface area contributed by atoms with E-state index in [4.69, 9.17) is 0 Å². The molecule has 2 saturated carbocycles. The fourth-order valence-electron chi connectivity index (χ4n) is 19.9. The Hall–Kier alpha value is -15.7. The van der Waals surface area contributed by atoms with E-state index in [-0.39, 0.29) is 111 Å². The highest BCUT2D eigenvalue weighted by molar-refractivity contribution is 7.18. The Kier molecular flexibility index (Phi) is 30.6. The fraction of sp³-hybridized carbons (Fsp3) is 0.217. The zero-order valence-electron chi connectivity index (χ0n) is 80.8. The van der Waals surface area contributed by atoms with Crippen LogP contribution in [0.25, 0.3) is 121 Å². The molecule has 0 bridgehead atoms. The monoisotopic (exact) mass is 2080 g/mol. The Bertz CT molecular complexity index is 8540. The summed E-state index contributed by atoms with van der Waals surface area (Å²) in [6.45, 7) is 4.93. The number of aromatic amines is 7. The zero-order valence-corrected chi connectivity index (χ0v) is 84.0. The van der Waals surface area contributed by atoms with Crippen LogP contribution in [0.15, 0.2) is 212 Å². The number of allylic oxidation sites excluding steroid dienone is 2. The highest BCUT2D eigenvalue weighted by Gasteiger charge is 2.40. The number of halogens is 1. The maximum absolute atomic E-state index is 14.0. The number of carboxylic acids is 4. The van der Waals surface area contributed by atoms with Gasteiger partial charge in [-0.15, -0.1) is 45.3 Å². The summed E-state index contributed by atoms with van der Waals surface area (Å²) in [4.78, 5) is 125. The first-order valence-corrected chi connectivity index (χ1v) is 51.7. The van der Waals surface area contributed by atoms with Crippen molar-refractivity contribution >= 4 is 169 Å². The largest absolute Gasteiger partial charge is 0.506 e. The van der Waals surface area contributed by atoms with Gasteiger partial charge in [-0.25, -0.2) is 23.6 Å². The summed E-state index contributed by atoms with van der Waals surface area (Å²) in [5.74, 6) is -8.05. The lowest BCUT2D eigenvalue weighted by Crippen LogP contribution is -2.04. The minimum Gasteiger partial charge on any atom is -0.506 e. The summed E-state index contributed by atoms with van der Waals surface area (Å²) in [5, 5.41) is 147. The summed E-state index contributed by atoms with van der Waals surface area (Å²) in [6, 6.07) is 48.6. The Morgan fingerprint density at radius 1 is 0.383 bits per heavy atom. The molecule has 0 amide bonds. The second kappa shape index (κ2) is 44.1. The summed E-state index contributed by atoms with van der Waals surface area (Å²) in [7, 11) is 0. The molecule has 19 aromatic rings. The number of hydrogen-bond acceptors (Lipinski definition) is 22. The Morgan fingerprint density at radius 3 is 1.14 bits per heavy atom. The highest BCUT2D eigenvalue weighted by Crippen LogP contribution is 2.55. The lowest BCUT2D eigenvalue weighted by Gasteiger charge is -2.22. The first kappa shape index (κ1) is 103. The summed E-state index contributed by atoms with van der Waals surface area (Å²) in [6.07, 6.45) is 21.9. The van der Waals surface area contributed by atoms with E-state index < -0.39 is 77.5 Å². The lowest BCUT2D eigenvalue weighted by molar-refractivity contribution is 0.0691. The molecule has 34 heteroatoms. The van der Waals surface area contributed by atoms with Crippen molar-refractivity contribution in [3.05, 3.63) is 324 Å². The van der Waals surface area contributed by atoms with Gasteiger partial charge in [-0.05, 0) is 160 Å². The van der Waals surface area contributed by atoms with E-state index in [0.717, 1.165) is 134 Å². The van der Waals surface area contributed by atoms with E-state index in [1.165, 1.54) is 37.0 Å². The maximum atomic E-state index is 14.0. The third-order valence-electron chi connectivity index (χ3n) is 27.7. The fourth-order valence-corrected chi connectivity index (χ4v) is 23.9. The van der Waals surface area contributed by atoms with Crippen LogP contribution in [0.2, 0.25) is 0 Å². The van der Waals surface area contributed by atoms with Gasteiger partial charge in [0.1, 0.15) is 67.8 Å². The van der Waals surface area contributed by atoms with Crippen molar-refractivity contribution in [3.63, 3.8) is 0 Å². The normalized spacial score (nSPS) is 13.2. The van der Waals surface area contributed by atoms with Crippen molar-refractivity contribution in [2.24, 2.45) is 5.92 Å². The van der Waals surface area contributed by atoms with Gasteiger partial charge in [0, 0.05) is 176 Å². The molecule has 1 unspecified atom stereocenters. The predicted molar refractivity (Wildman–Crippen MR) is 575 cm³/mol. The average molecular weight is 2080 g/mol. The Balaban J connectivity index is 0.000000130. The summed E-state index contributed by atoms with van der Waals surface area (Å²) in [5.41, 5.74) is 16.6. The molecule has 11 heterocycles. The van der Waals surface area contributed by atoms with Crippen LogP contribution in [0.4, 0.5) is 4.39 Å². The van der Waals surface area contributed by atoms with Crippen LogP contribution in [0.5, 0.6) is 23.0 Å². The molecule has 0 saturated heterocycles. The van der Waals surface area contributed by atoms with Crippen LogP contribution in [-0.4, -0.2) is 180 Å². The number of aromatic hydroxyl groups is 4. The van der Waals surface area contributed by atoms with E-state index in [2.05, 4.69) is 34.9 Å². The molecule has 2 aliphatic rings. The van der Waals surface area contributed by atoms with Gasteiger partial charge in [0.25, 0.3) is 0 Å². The highest BCUT2D eigenvalue weighted by atomic mass is 32.1. The Labute approximate surface area is 865 Å². The van der Waals surface area contributed by atoms with Crippen molar-refractivity contribution < 1.29 is 114 Å². The van der Waals surface area contributed by atoms with Crippen molar-refractivity contribution in [2.75, 3.05) is 26.4 Å². The van der Waals surface area contributed by atoms with E-state index >= 15 is 0 Å². The molecule has 0 radical (unpaired) electrons. The van der Waals surface area contributed by atoms with E-state index in [0.29, 0.717) is 153 Å². The smallest absolute Gasteiger partial charge is 0.346 e. The van der Waals surface area contributed by atoms with Gasteiger partial charge in [-0.3, -0.25) is 19.2 Å². The molecule has 21 N–H and O–H groups in total. The van der Waals surface area contributed by atoms with Crippen molar-refractivity contribution in [1.29, 1.82) is 0 Å². The van der Waals surface area contributed by atoms with Crippen LogP contribution in [0.1, 0.15) is 235 Å². The number of H-pyrrole nitrogens is 7. The number of thiophene rings is 4. The minimum atomic E-state index is -1.28. The van der Waals surface area contributed by atoms with E-state index in [1.54, 1.807) is 91.5 Å². The van der Waals surface area contributed by atoms with Crippen molar-refractivity contribution in [3.8, 4) is 67.5 Å². The molecule has 21 rings (SSSR count). The molecule has 762 valence electrons. The number of rotatable bonds is 33. The number of carbonyl (C=O) groups excluding carboxylic acids is 4. The summed E-state index contributed by atoms with van der Waals surface area (Å²) >= 11 is 2.98. The number of aliphatic hydroxyl groups is 6. The SMILES string of the molecule is C/C(=C/Cc1cccc2c(C(=O)c3sc(C(=O)O)c(-c4c(C5CC5)[nH]c5cc(F)ccc45)c3O)c[nH]c12)CO.C/C(=C\Cc1cccc2c(C(=O)c3sc(C(=O)O)c(-c4c(CO)[nH]c5ccccc45)c3O)c[nH]c12)CO.CC(CO)CCc1cccc2c(C(=O)c3sc(C(=O)O)c(-c4c(CO)[nH]c5ccccc45)c3O)c[nH]c12.O=C(O)c1sc(C(=O)c2c[nH]c3c(CCCO)cccc23)c(O)c1-c1ccc(C2CCCCC2)cc1. The standard InChI is InChI=1S/C30H25FN2O5S.C29H29NO5S.C28H26N2O6S.C28H24N2O6S/c1-14(13-34)5-6-15-3-2-4-18-20(12-32-24(15)18)26(35)29-27(36)23(28(39-29)30(37)38)22-19-10-9-17(31)11-21(19)33-25(22)16-7-8-16;31-15-5-9-20-8-4-10-21-22(16-30-24(20)21)25(32)28-26(33)23(27(36-28)29(34)35)19-13-11-18(12-14-19)17-6-2-1-3-7-17;2*1-14(12-31)9-10-15-5-4-7-16-18(11-29-23(15)16)24(33)27-25(34)22(26(37-27)28(35)36)21-17-6-2-3-8-19(17)30-20(21)13-32/h2-5,9-12,16,32-34,36H,6-8,13H2,1H3,(H,37,38);4,8,10-14,16-17,30-31,33H,1-3,5-7,9,15H2,(H,34,35);2-8,11,14,29-32,34H,9-10,12-13H2,1H3,(H,35,36);2-9,11,29-32,34H,10,12-13H2,1H3,(H,35,36)/b14-5-;;;14-9+. The molecule has 0 aliphatic heterocycles. The lowest BCUT2D eigenvalue weighted by atomic mass is 9.83. The number of carbonyl (C=O) groups is 8. The molecule has 2 aliphatic carbocycles. The van der Waals surface area contributed by atoms with Gasteiger partial charge in [-0.2, -0.15) is 0 Å². The number of aromatic carboxylic acids is 4. The minimum absolute atomic E-state index is 0.00694. The van der Waals surface area contributed by atoms with Crippen LogP contribution in [-0.2, 0) is 38.9 Å². The molecule has 0 spiro atoms. The molecular weight excluding hydrogens is 1980 g/mol. The second-order valence-electron chi connectivity index (χ2n) is 37.3. The number of nitrogens with one attached hydrogen (secondary N) is 7. The Morgan fingerprint density at radius 2 is 0.752 bits per heavy atom. The molecular formula is C115H104FN7O22S4. The molecule has 29 nitrogen and oxygen atoms in total. The topological polar surface area (TPSA) is 530 Å². The summed E-state index contributed by atoms with van der Waals surface area (Å²) < 4.78 is 14.0. The third-order valence-corrected chi connectivity index (χ3v) is 32.3. The number of aliphatic hydroxyl groups excluding tert-OH is 6. The number of hydrogen-bond donors (Lipinski definition) is 21. The van der Waals surface area contributed by atoms with Gasteiger partial charge >= 0.3 is 23.9 Å². The van der Waals surface area contributed by atoms with Gasteiger partial charge in [-0.1, -0.05) is 183 Å². The predicted octanol–water partition coefficient (Wildman–Crippen LogP) is 23.1. The van der Waals surface area contributed by atoms with Crippen LogP contribution < -0.4 is 0 Å². The van der Waals surface area contributed by atoms with Crippen LogP contribution >= 0.6 is 45.3 Å². The average Bonchev–Trinajstić information content (AvgIpc) is 1.56. The number of para-hydroxylation sites is 6. The van der Waals surface area contributed by atoms with Crippen molar-refractivity contribution in [1.82, 2.24) is 34.9 Å². The number of ketones is 4. The number of aryl methyl sites for hydroxylation is 2. The number of carboxylic acid groups (broad SMARTS) is 4. The van der Waals surface area contributed by atoms with Gasteiger partial charge < -0.3 is 106 Å². The third kappa shape index (κ3) is 20.2. The molecule has 1 atom stereocenters.